The van der Waals surface area contributed by atoms with Gasteiger partial charge in [-0.25, -0.2) is 4.39 Å². The number of rotatable bonds is 3. The molecule has 0 saturated heterocycles. The van der Waals surface area contributed by atoms with Crippen LogP contribution in [0.2, 0.25) is 0 Å². The third-order valence-corrected chi connectivity index (χ3v) is 6.60. The van der Waals surface area contributed by atoms with Crippen LogP contribution in [-0.2, 0) is 4.57 Å². The van der Waals surface area contributed by atoms with Gasteiger partial charge in [0.25, 0.3) is 0 Å². The van der Waals surface area contributed by atoms with Crippen molar-refractivity contribution in [2.75, 3.05) is 0 Å². The smallest absolute Gasteiger partial charge is 0.174 e. The van der Waals surface area contributed by atoms with Crippen LogP contribution in [0, 0.1) is 5.82 Å². The number of halogens is 1. The average Bonchev–Trinajstić information content (AvgIpc) is 2.58. The molecule has 110 valence electrons. The number of phenolic OH excluding ortho intramolecular Hbond substituents is 1. The predicted molar refractivity (Wildman–Crippen MR) is 87.5 cm³/mol. The molecule has 0 spiro atoms. The van der Waals surface area contributed by atoms with Crippen LogP contribution < -0.4 is 15.9 Å². The highest BCUT2D eigenvalue weighted by Crippen LogP contribution is 2.44. The molecular formula is C18H14FO2P. The minimum Gasteiger partial charge on any atom is -0.507 e. The van der Waals surface area contributed by atoms with E-state index >= 15 is 0 Å². The van der Waals surface area contributed by atoms with Crippen molar-refractivity contribution in [3.05, 3.63) is 84.7 Å². The van der Waals surface area contributed by atoms with Crippen molar-refractivity contribution < 1.29 is 14.1 Å². The quantitative estimate of drug-likeness (QED) is 0.754. The molecule has 0 bridgehead atoms. The Morgan fingerprint density at radius 3 is 1.77 bits per heavy atom. The van der Waals surface area contributed by atoms with Crippen molar-refractivity contribution in [2.45, 2.75) is 0 Å². The predicted octanol–water partition coefficient (Wildman–Crippen LogP) is 3.17. The molecule has 0 unspecified atom stereocenters. The summed E-state index contributed by atoms with van der Waals surface area (Å²) in [5.41, 5.74) is 0. The van der Waals surface area contributed by atoms with E-state index in [1.807, 2.05) is 12.1 Å². The van der Waals surface area contributed by atoms with Gasteiger partial charge in [0.15, 0.2) is 7.14 Å². The SMILES string of the molecule is O=P(c1ccccc1)(c1ccccc1)c1cc(F)ccc1O. The molecule has 22 heavy (non-hydrogen) atoms. The van der Waals surface area contributed by atoms with Crippen molar-refractivity contribution in [3.63, 3.8) is 0 Å². The first-order valence-electron chi connectivity index (χ1n) is 6.83. The molecule has 0 radical (unpaired) electrons. The monoisotopic (exact) mass is 312 g/mol. The molecule has 0 fully saturated rings. The van der Waals surface area contributed by atoms with Gasteiger partial charge < -0.3 is 9.67 Å². The maximum absolute atomic E-state index is 13.9. The van der Waals surface area contributed by atoms with E-state index in [0.717, 1.165) is 12.1 Å². The zero-order chi connectivity index (χ0) is 15.6. The molecule has 0 heterocycles. The van der Waals surface area contributed by atoms with Gasteiger partial charge in [0.1, 0.15) is 11.6 Å². The minimum atomic E-state index is -3.33. The maximum atomic E-state index is 13.9. The molecule has 0 aromatic heterocycles. The van der Waals surface area contributed by atoms with Gasteiger partial charge in [0.2, 0.25) is 0 Å². The van der Waals surface area contributed by atoms with Crippen LogP contribution in [0.5, 0.6) is 5.75 Å². The molecule has 3 rings (SSSR count). The Hall–Kier alpha value is -2.38. The summed E-state index contributed by atoms with van der Waals surface area (Å²) >= 11 is 0. The summed E-state index contributed by atoms with van der Waals surface area (Å²) in [5.74, 6) is -0.697. The number of aromatic hydroxyl groups is 1. The van der Waals surface area contributed by atoms with E-state index in [4.69, 9.17) is 0 Å². The number of hydrogen-bond donors (Lipinski definition) is 1. The standard InChI is InChI=1S/C18H14FO2P/c19-14-11-12-17(20)18(13-14)22(21,15-7-3-1-4-8-15)16-9-5-2-6-10-16/h1-13,20H. The van der Waals surface area contributed by atoms with Crippen molar-refractivity contribution in [1.29, 1.82) is 0 Å². The van der Waals surface area contributed by atoms with E-state index in [1.54, 1.807) is 48.5 Å². The van der Waals surface area contributed by atoms with Gasteiger partial charge in [-0.1, -0.05) is 60.7 Å². The van der Waals surface area contributed by atoms with Crippen LogP contribution in [-0.4, -0.2) is 5.11 Å². The van der Waals surface area contributed by atoms with E-state index < -0.39 is 13.0 Å². The molecular weight excluding hydrogens is 298 g/mol. The summed E-state index contributed by atoms with van der Waals surface area (Å²) < 4.78 is 27.5. The first-order chi connectivity index (χ1) is 10.6. The average molecular weight is 312 g/mol. The van der Waals surface area contributed by atoms with Gasteiger partial charge in [-0.15, -0.1) is 0 Å². The summed E-state index contributed by atoms with van der Waals surface area (Å²) in [7, 11) is -3.33. The molecule has 3 aromatic carbocycles. The Morgan fingerprint density at radius 2 is 1.27 bits per heavy atom. The summed E-state index contributed by atoms with van der Waals surface area (Å²) in [6.45, 7) is 0. The highest BCUT2D eigenvalue weighted by molar-refractivity contribution is 7.85. The van der Waals surface area contributed by atoms with Crippen molar-refractivity contribution in [2.24, 2.45) is 0 Å². The van der Waals surface area contributed by atoms with E-state index in [9.17, 15) is 14.1 Å². The maximum Gasteiger partial charge on any atom is 0.174 e. The fraction of sp³-hybridized carbons (Fsp3) is 0. The Balaban J connectivity index is 2.34. The van der Waals surface area contributed by atoms with Gasteiger partial charge in [0.05, 0.1) is 5.30 Å². The highest BCUT2D eigenvalue weighted by atomic mass is 31.2. The van der Waals surface area contributed by atoms with Gasteiger partial charge >= 0.3 is 0 Å². The minimum absolute atomic E-state index is 0.116. The topological polar surface area (TPSA) is 37.3 Å². The molecule has 2 nitrogen and oxygen atoms in total. The van der Waals surface area contributed by atoms with Gasteiger partial charge in [0, 0.05) is 10.6 Å². The lowest BCUT2D eigenvalue weighted by molar-refractivity contribution is 0.477. The fourth-order valence-corrected chi connectivity index (χ4v) is 5.19. The number of phenols is 1. The largest absolute Gasteiger partial charge is 0.507 e. The first-order valence-corrected chi connectivity index (χ1v) is 8.53. The lowest BCUT2D eigenvalue weighted by Crippen LogP contribution is -2.25. The molecule has 0 amide bonds. The third kappa shape index (κ3) is 2.44. The van der Waals surface area contributed by atoms with Crippen LogP contribution in [0.25, 0.3) is 0 Å². The van der Waals surface area contributed by atoms with Crippen molar-refractivity contribution in [1.82, 2.24) is 0 Å². The molecule has 4 heteroatoms. The fourth-order valence-electron chi connectivity index (χ4n) is 2.45. The Bertz CT molecular complexity index is 789. The van der Waals surface area contributed by atoms with Gasteiger partial charge in [-0.05, 0) is 18.2 Å². The van der Waals surface area contributed by atoms with E-state index in [-0.39, 0.29) is 11.1 Å². The molecule has 0 aliphatic rings. The van der Waals surface area contributed by atoms with E-state index in [2.05, 4.69) is 0 Å². The Labute approximate surface area is 128 Å². The van der Waals surface area contributed by atoms with Crippen LogP contribution in [0.3, 0.4) is 0 Å². The lowest BCUT2D eigenvalue weighted by atomic mass is 10.3. The Morgan fingerprint density at radius 1 is 0.773 bits per heavy atom. The molecule has 0 saturated carbocycles. The second kappa shape index (κ2) is 5.78. The third-order valence-electron chi connectivity index (χ3n) is 3.52. The number of benzene rings is 3. The summed E-state index contributed by atoms with van der Waals surface area (Å²) in [6, 6.07) is 21.2. The summed E-state index contributed by atoms with van der Waals surface area (Å²) in [5, 5.41) is 11.4. The normalized spacial score (nSPS) is 11.3. The molecule has 0 aliphatic carbocycles. The first kappa shape index (κ1) is 14.6. The second-order valence-corrected chi connectivity index (χ2v) is 7.65. The highest BCUT2D eigenvalue weighted by Gasteiger charge is 2.32. The number of hydrogen-bond acceptors (Lipinski definition) is 2. The molecule has 3 aromatic rings. The van der Waals surface area contributed by atoms with Gasteiger partial charge in [-0.2, -0.15) is 0 Å². The molecule has 0 aliphatic heterocycles. The zero-order valence-electron chi connectivity index (χ0n) is 11.7. The van der Waals surface area contributed by atoms with Crippen LogP contribution in [0.15, 0.2) is 78.9 Å². The van der Waals surface area contributed by atoms with Gasteiger partial charge in [-0.3, -0.25) is 0 Å². The lowest BCUT2D eigenvalue weighted by Gasteiger charge is -2.20. The van der Waals surface area contributed by atoms with Crippen LogP contribution >= 0.6 is 7.14 Å². The van der Waals surface area contributed by atoms with Crippen molar-refractivity contribution in [3.8, 4) is 5.75 Å². The Kier molecular flexibility index (Phi) is 3.82. The molecule has 1 N–H and O–H groups in total. The van der Waals surface area contributed by atoms with E-state index in [0.29, 0.717) is 10.6 Å². The van der Waals surface area contributed by atoms with Crippen molar-refractivity contribution >= 4 is 23.1 Å². The summed E-state index contributed by atoms with van der Waals surface area (Å²) in [6.07, 6.45) is 0. The molecule has 0 atom stereocenters. The van der Waals surface area contributed by atoms with E-state index in [1.165, 1.54) is 6.07 Å². The summed E-state index contributed by atoms with van der Waals surface area (Å²) in [4.78, 5) is 0. The van der Waals surface area contributed by atoms with Crippen LogP contribution in [0.4, 0.5) is 4.39 Å². The van der Waals surface area contributed by atoms with Crippen LogP contribution in [0.1, 0.15) is 0 Å². The second-order valence-electron chi connectivity index (χ2n) is 4.91. The zero-order valence-corrected chi connectivity index (χ0v) is 12.6.